The third kappa shape index (κ3) is 10.00. The van der Waals surface area contributed by atoms with Gasteiger partial charge in [0.15, 0.2) is 0 Å². The summed E-state index contributed by atoms with van der Waals surface area (Å²) in [6.07, 6.45) is 1.08. The third-order valence-corrected chi connectivity index (χ3v) is 2.28. The fraction of sp³-hybridized carbons (Fsp3) is 0.643. The summed E-state index contributed by atoms with van der Waals surface area (Å²) in [5.74, 6) is -0.544. The molecular weight excluding hydrogens is 246 g/mol. The maximum atomic E-state index is 11.5. The van der Waals surface area contributed by atoms with E-state index in [-0.39, 0.29) is 36.6 Å². The molecule has 0 radical (unpaired) electrons. The Hall–Kier alpha value is -1.65. The van der Waals surface area contributed by atoms with Gasteiger partial charge in [-0.3, -0.25) is 14.4 Å². The van der Waals surface area contributed by atoms with Crippen molar-refractivity contribution < 1.29 is 19.1 Å². The van der Waals surface area contributed by atoms with Crippen molar-refractivity contribution in [2.75, 3.05) is 6.54 Å². The lowest BCUT2D eigenvalue weighted by Crippen LogP contribution is -2.25. The molecule has 0 unspecified atom stereocenters. The molecule has 0 fully saturated rings. The van der Waals surface area contributed by atoms with Crippen LogP contribution in [0.3, 0.4) is 0 Å². The number of nitrogens with one attached hydrogen (secondary N) is 1. The summed E-state index contributed by atoms with van der Waals surface area (Å²) in [4.78, 5) is 33.8. The minimum Gasteiger partial charge on any atom is -0.463 e. The Morgan fingerprint density at radius 1 is 1.16 bits per heavy atom. The van der Waals surface area contributed by atoms with Gasteiger partial charge >= 0.3 is 5.97 Å². The number of ether oxygens (including phenoxy) is 1. The van der Waals surface area contributed by atoms with Gasteiger partial charge in [0.25, 0.3) is 0 Å². The number of rotatable bonds is 9. The summed E-state index contributed by atoms with van der Waals surface area (Å²) in [6.45, 7) is 9.11. The molecule has 108 valence electrons. The predicted octanol–water partition coefficient (Wildman–Crippen LogP) is 1.76. The number of hydrogen-bond donors (Lipinski definition) is 1. The summed E-state index contributed by atoms with van der Waals surface area (Å²) in [7, 11) is 0. The standard InChI is InChI=1S/C14H23NO4/c1-10(2)14(18)15-9-5-6-12(16)7-8-13(17)19-11(3)4/h11H,1,5-9H2,2-4H3,(H,15,18). The van der Waals surface area contributed by atoms with Crippen LogP contribution in [-0.2, 0) is 19.1 Å². The molecule has 0 aliphatic rings. The molecule has 0 aliphatic heterocycles. The highest BCUT2D eigenvalue weighted by molar-refractivity contribution is 5.92. The molecule has 19 heavy (non-hydrogen) atoms. The number of hydrogen-bond acceptors (Lipinski definition) is 4. The van der Waals surface area contributed by atoms with Gasteiger partial charge in [0.05, 0.1) is 12.5 Å². The van der Waals surface area contributed by atoms with Gasteiger partial charge in [-0.25, -0.2) is 0 Å². The number of amides is 1. The second-order valence-corrected chi connectivity index (χ2v) is 4.72. The quantitative estimate of drug-likeness (QED) is 0.393. The Kier molecular flexibility index (Phi) is 8.49. The number of esters is 1. The second kappa shape index (κ2) is 9.30. The molecule has 0 saturated carbocycles. The number of carbonyl (C=O) groups is 3. The normalized spacial score (nSPS) is 10.1. The van der Waals surface area contributed by atoms with Crippen molar-refractivity contribution >= 4 is 17.7 Å². The third-order valence-electron chi connectivity index (χ3n) is 2.28. The zero-order chi connectivity index (χ0) is 14.8. The van der Waals surface area contributed by atoms with E-state index in [4.69, 9.17) is 4.74 Å². The fourth-order valence-electron chi connectivity index (χ4n) is 1.33. The zero-order valence-corrected chi connectivity index (χ0v) is 12.0. The first kappa shape index (κ1) is 17.4. The first-order chi connectivity index (χ1) is 8.82. The second-order valence-electron chi connectivity index (χ2n) is 4.72. The van der Waals surface area contributed by atoms with E-state index in [1.54, 1.807) is 20.8 Å². The molecule has 0 aliphatic carbocycles. The highest BCUT2D eigenvalue weighted by Crippen LogP contribution is 2.02. The van der Waals surface area contributed by atoms with Crippen LogP contribution in [0.2, 0.25) is 0 Å². The van der Waals surface area contributed by atoms with Crippen LogP contribution in [-0.4, -0.2) is 30.3 Å². The van der Waals surface area contributed by atoms with Gasteiger partial charge in [0.2, 0.25) is 5.91 Å². The largest absolute Gasteiger partial charge is 0.463 e. The smallest absolute Gasteiger partial charge is 0.306 e. The minimum absolute atomic E-state index is 0.00489. The first-order valence-corrected chi connectivity index (χ1v) is 6.47. The maximum Gasteiger partial charge on any atom is 0.306 e. The predicted molar refractivity (Wildman–Crippen MR) is 72.5 cm³/mol. The van der Waals surface area contributed by atoms with E-state index in [2.05, 4.69) is 11.9 Å². The maximum absolute atomic E-state index is 11.5. The molecule has 5 nitrogen and oxygen atoms in total. The van der Waals surface area contributed by atoms with E-state index in [1.165, 1.54) is 0 Å². The Balaban J connectivity index is 3.63. The average Bonchev–Trinajstić information content (AvgIpc) is 2.30. The van der Waals surface area contributed by atoms with Crippen LogP contribution in [0.15, 0.2) is 12.2 Å². The summed E-state index contributed by atoms with van der Waals surface area (Å²) in [6, 6.07) is 0. The van der Waals surface area contributed by atoms with E-state index in [0.29, 0.717) is 25.0 Å². The average molecular weight is 269 g/mol. The Morgan fingerprint density at radius 2 is 1.79 bits per heavy atom. The number of ketones is 1. The number of Topliss-reactive ketones (excluding diaryl/α,β-unsaturated/α-hetero) is 1. The van der Waals surface area contributed by atoms with Crippen LogP contribution in [0.5, 0.6) is 0 Å². The van der Waals surface area contributed by atoms with Crippen molar-refractivity contribution in [1.82, 2.24) is 5.32 Å². The van der Waals surface area contributed by atoms with Crippen molar-refractivity contribution in [3.63, 3.8) is 0 Å². The monoisotopic (exact) mass is 269 g/mol. The molecule has 0 aromatic carbocycles. The molecule has 0 saturated heterocycles. The van der Waals surface area contributed by atoms with Gasteiger partial charge in [0, 0.05) is 25.0 Å². The van der Waals surface area contributed by atoms with Gasteiger partial charge in [0.1, 0.15) is 5.78 Å². The van der Waals surface area contributed by atoms with E-state index in [9.17, 15) is 14.4 Å². The minimum atomic E-state index is -0.348. The van der Waals surface area contributed by atoms with E-state index in [1.807, 2.05) is 0 Å². The van der Waals surface area contributed by atoms with Crippen molar-refractivity contribution in [2.45, 2.75) is 52.6 Å². The van der Waals surface area contributed by atoms with Gasteiger partial charge in [-0.15, -0.1) is 0 Å². The molecule has 0 aromatic rings. The van der Waals surface area contributed by atoms with E-state index in [0.717, 1.165) is 0 Å². The Labute approximate surface area is 114 Å². The van der Waals surface area contributed by atoms with Crippen LogP contribution in [0.4, 0.5) is 0 Å². The van der Waals surface area contributed by atoms with Crippen molar-refractivity contribution in [3.8, 4) is 0 Å². The molecule has 0 heterocycles. The molecule has 1 N–H and O–H groups in total. The van der Waals surface area contributed by atoms with Crippen LogP contribution in [0.25, 0.3) is 0 Å². The Bertz CT molecular complexity index is 347. The van der Waals surface area contributed by atoms with Gasteiger partial charge < -0.3 is 10.1 Å². The van der Waals surface area contributed by atoms with Crippen LogP contribution in [0, 0.1) is 0 Å². The molecule has 0 atom stereocenters. The van der Waals surface area contributed by atoms with Crippen molar-refractivity contribution in [3.05, 3.63) is 12.2 Å². The summed E-state index contributed by atoms with van der Waals surface area (Å²) >= 11 is 0. The van der Waals surface area contributed by atoms with Crippen molar-refractivity contribution in [2.24, 2.45) is 0 Å². The van der Waals surface area contributed by atoms with E-state index >= 15 is 0 Å². The molecular formula is C14H23NO4. The number of carbonyl (C=O) groups excluding carboxylic acids is 3. The molecule has 5 heteroatoms. The first-order valence-electron chi connectivity index (χ1n) is 6.47. The zero-order valence-electron chi connectivity index (χ0n) is 12.0. The van der Waals surface area contributed by atoms with Crippen LogP contribution in [0.1, 0.15) is 46.5 Å². The molecule has 0 bridgehead atoms. The van der Waals surface area contributed by atoms with Crippen molar-refractivity contribution in [1.29, 1.82) is 0 Å². The SMILES string of the molecule is C=C(C)C(=O)NCCCC(=O)CCC(=O)OC(C)C. The molecule has 1 amide bonds. The topological polar surface area (TPSA) is 72.5 Å². The summed E-state index contributed by atoms with van der Waals surface area (Å²) in [5.41, 5.74) is 0.447. The Morgan fingerprint density at radius 3 is 2.32 bits per heavy atom. The van der Waals surface area contributed by atoms with Crippen LogP contribution >= 0.6 is 0 Å². The highest BCUT2D eigenvalue weighted by atomic mass is 16.5. The summed E-state index contributed by atoms with van der Waals surface area (Å²) < 4.78 is 4.93. The van der Waals surface area contributed by atoms with Gasteiger partial charge in [-0.2, -0.15) is 0 Å². The van der Waals surface area contributed by atoms with Gasteiger partial charge in [-0.05, 0) is 27.2 Å². The van der Waals surface area contributed by atoms with Gasteiger partial charge in [-0.1, -0.05) is 6.58 Å². The lowest BCUT2D eigenvalue weighted by Gasteiger charge is -2.07. The molecule has 0 rings (SSSR count). The lowest BCUT2D eigenvalue weighted by molar-refractivity contribution is -0.148. The van der Waals surface area contributed by atoms with Crippen LogP contribution < -0.4 is 5.32 Å². The highest BCUT2D eigenvalue weighted by Gasteiger charge is 2.09. The summed E-state index contributed by atoms with van der Waals surface area (Å²) in [5, 5.41) is 2.65. The molecule has 0 spiro atoms. The lowest BCUT2D eigenvalue weighted by atomic mass is 10.1. The van der Waals surface area contributed by atoms with E-state index < -0.39 is 0 Å². The fourth-order valence-corrected chi connectivity index (χ4v) is 1.33. The molecule has 0 aromatic heterocycles.